The zero-order valence-corrected chi connectivity index (χ0v) is 30.4. The molecule has 0 aromatic heterocycles. The molecule has 0 aliphatic carbocycles. The number of carbonyl (C=O) groups excluding carboxylic acids is 2. The van der Waals surface area contributed by atoms with Crippen LogP contribution in [0.2, 0.25) is 0 Å². The molecule has 0 rings (SSSR count). The van der Waals surface area contributed by atoms with Crippen molar-refractivity contribution >= 4 is 17.8 Å². The highest BCUT2D eigenvalue weighted by atomic mass is 16.5. The smallest absolute Gasteiger partial charge is 0.326 e. The molecule has 0 heterocycles. The Kier molecular flexibility index (Phi) is 33.5. The van der Waals surface area contributed by atoms with Crippen LogP contribution >= 0.6 is 0 Å². The van der Waals surface area contributed by atoms with E-state index >= 15 is 0 Å². The van der Waals surface area contributed by atoms with Gasteiger partial charge < -0.3 is 20.9 Å². The lowest BCUT2D eigenvalue weighted by atomic mass is 10.0. The van der Waals surface area contributed by atoms with Gasteiger partial charge in [-0.25, -0.2) is 4.79 Å². The molecule has 0 saturated heterocycles. The molecule has 0 fully saturated rings. The van der Waals surface area contributed by atoms with Crippen molar-refractivity contribution in [3.8, 4) is 0 Å². The summed E-state index contributed by atoms with van der Waals surface area (Å²) in [5.74, 6) is -1.22. The van der Waals surface area contributed by atoms with Crippen molar-refractivity contribution in [3.63, 3.8) is 0 Å². The number of carboxylic acid groups (broad SMARTS) is 1. The molecule has 2 unspecified atom stereocenters. The summed E-state index contributed by atoms with van der Waals surface area (Å²) in [4.78, 5) is 36.1. The second-order valence-electron chi connectivity index (χ2n) is 13.7. The van der Waals surface area contributed by atoms with E-state index in [9.17, 15) is 19.5 Å². The van der Waals surface area contributed by atoms with Crippen LogP contribution in [0.4, 0.5) is 0 Å². The van der Waals surface area contributed by atoms with Crippen LogP contribution in [0.25, 0.3) is 0 Å². The number of unbranched alkanes of at least 4 members (excludes halogenated alkanes) is 22. The molecule has 0 spiro atoms. The van der Waals surface area contributed by atoms with E-state index in [1.165, 1.54) is 109 Å². The highest BCUT2D eigenvalue weighted by molar-refractivity contribution is 5.83. The van der Waals surface area contributed by atoms with Crippen LogP contribution in [-0.2, 0) is 19.1 Å². The monoisotopic (exact) mass is 653 g/mol. The van der Waals surface area contributed by atoms with Crippen LogP contribution in [0.1, 0.15) is 213 Å². The van der Waals surface area contributed by atoms with E-state index in [-0.39, 0.29) is 18.0 Å². The van der Waals surface area contributed by atoms with Crippen LogP contribution in [0, 0.1) is 0 Å². The average Bonchev–Trinajstić information content (AvgIpc) is 3.03. The lowest BCUT2D eigenvalue weighted by molar-refractivity contribution is -0.150. The van der Waals surface area contributed by atoms with Gasteiger partial charge in [0.25, 0.3) is 0 Å². The Morgan fingerprint density at radius 1 is 0.543 bits per heavy atom. The van der Waals surface area contributed by atoms with Gasteiger partial charge in [0.05, 0.1) is 0 Å². The standard InChI is InChI=1S/C39H76N2O5/c1-3-5-7-9-11-12-13-14-15-16-18-20-24-29-35(46-38(43)33-27-23-17-10-8-6-4-2)30-25-21-19-22-26-32-37(42)41-36(39(44)45)31-28-34-40/h35-36H,3-34,40H2,1-2H3,(H,41,42)(H,44,45). The first-order valence-corrected chi connectivity index (χ1v) is 19.9. The summed E-state index contributed by atoms with van der Waals surface area (Å²) in [6, 6.07) is -0.851. The molecule has 46 heavy (non-hydrogen) atoms. The number of nitrogens with two attached hydrogens (primary N) is 1. The van der Waals surface area contributed by atoms with Gasteiger partial charge in [-0.1, -0.05) is 149 Å². The number of carboxylic acids is 1. The third kappa shape index (κ3) is 31.0. The molecular formula is C39H76N2O5. The first-order chi connectivity index (χ1) is 22.4. The molecule has 0 radical (unpaired) electrons. The van der Waals surface area contributed by atoms with E-state index in [0.29, 0.717) is 32.2 Å². The zero-order valence-electron chi connectivity index (χ0n) is 30.4. The molecule has 0 aliphatic heterocycles. The number of amides is 1. The SMILES string of the molecule is CCCCCCCCCCCCCCCC(CCCCCCCC(=O)NC(CCCN)C(=O)O)OC(=O)CCCCCCCCC. The van der Waals surface area contributed by atoms with Crippen LogP contribution in [0.3, 0.4) is 0 Å². The maximum Gasteiger partial charge on any atom is 0.326 e. The number of hydrogen-bond acceptors (Lipinski definition) is 5. The number of hydrogen-bond donors (Lipinski definition) is 3. The molecule has 2 atom stereocenters. The lowest BCUT2D eigenvalue weighted by Crippen LogP contribution is -2.40. The molecule has 1 amide bonds. The van der Waals surface area contributed by atoms with E-state index in [4.69, 9.17) is 10.5 Å². The fourth-order valence-corrected chi connectivity index (χ4v) is 6.16. The first-order valence-electron chi connectivity index (χ1n) is 19.9. The van der Waals surface area contributed by atoms with Gasteiger partial charge in [-0.3, -0.25) is 9.59 Å². The summed E-state index contributed by atoms with van der Waals surface area (Å²) in [7, 11) is 0. The van der Waals surface area contributed by atoms with Gasteiger partial charge in [0.1, 0.15) is 12.1 Å². The largest absolute Gasteiger partial charge is 0.480 e. The summed E-state index contributed by atoms with van der Waals surface area (Å²) in [6.07, 6.45) is 34.3. The Bertz CT molecular complexity index is 702. The number of esters is 1. The molecule has 0 aromatic rings. The van der Waals surface area contributed by atoms with Gasteiger partial charge in [-0.2, -0.15) is 0 Å². The Labute approximate surface area is 284 Å². The fourth-order valence-electron chi connectivity index (χ4n) is 6.16. The number of nitrogens with one attached hydrogen (secondary N) is 1. The Hall–Kier alpha value is -1.63. The van der Waals surface area contributed by atoms with Gasteiger partial charge in [-0.15, -0.1) is 0 Å². The molecule has 0 bridgehead atoms. The van der Waals surface area contributed by atoms with Crippen LogP contribution in [-0.4, -0.2) is 41.6 Å². The van der Waals surface area contributed by atoms with E-state index in [1.807, 2.05) is 0 Å². The van der Waals surface area contributed by atoms with Gasteiger partial charge >= 0.3 is 11.9 Å². The number of rotatable bonds is 36. The zero-order chi connectivity index (χ0) is 33.9. The molecule has 7 heteroatoms. The van der Waals surface area contributed by atoms with Crippen LogP contribution in [0.15, 0.2) is 0 Å². The second-order valence-corrected chi connectivity index (χ2v) is 13.7. The summed E-state index contributed by atoms with van der Waals surface area (Å²) in [5, 5.41) is 11.9. The van der Waals surface area contributed by atoms with Crippen molar-refractivity contribution in [2.24, 2.45) is 5.73 Å². The maximum atomic E-state index is 12.6. The lowest BCUT2D eigenvalue weighted by Gasteiger charge is -2.18. The Morgan fingerprint density at radius 2 is 0.935 bits per heavy atom. The molecule has 272 valence electrons. The van der Waals surface area contributed by atoms with E-state index in [2.05, 4.69) is 19.2 Å². The van der Waals surface area contributed by atoms with Gasteiger partial charge in [0, 0.05) is 12.8 Å². The molecule has 4 N–H and O–H groups in total. The summed E-state index contributed by atoms with van der Waals surface area (Å²) < 4.78 is 6.00. The third-order valence-corrected chi connectivity index (χ3v) is 9.17. The van der Waals surface area contributed by atoms with Gasteiger partial charge in [-0.05, 0) is 57.9 Å². The van der Waals surface area contributed by atoms with E-state index < -0.39 is 12.0 Å². The Balaban J connectivity index is 4.25. The minimum absolute atomic E-state index is 0.0228. The van der Waals surface area contributed by atoms with Crippen LogP contribution < -0.4 is 11.1 Å². The van der Waals surface area contributed by atoms with Crippen molar-refractivity contribution in [2.45, 2.75) is 225 Å². The summed E-state index contributed by atoms with van der Waals surface area (Å²) in [6.45, 7) is 4.92. The van der Waals surface area contributed by atoms with Crippen molar-refractivity contribution in [2.75, 3.05) is 6.54 Å². The predicted molar refractivity (Wildman–Crippen MR) is 193 cm³/mol. The molecule has 0 aliphatic rings. The summed E-state index contributed by atoms with van der Waals surface area (Å²) >= 11 is 0. The highest BCUT2D eigenvalue weighted by Crippen LogP contribution is 2.19. The predicted octanol–water partition coefficient (Wildman–Crippen LogP) is 10.6. The summed E-state index contributed by atoms with van der Waals surface area (Å²) in [5.41, 5.74) is 5.47. The van der Waals surface area contributed by atoms with Crippen molar-refractivity contribution in [3.05, 3.63) is 0 Å². The van der Waals surface area contributed by atoms with Gasteiger partial charge in [0.2, 0.25) is 5.91 Å². The fraction of sp³-hybridized carbons (Fsp3) is 0.923. The van der Waals surface area contributed by atoms with Crippen molar-refractivity contribution in [1.82, 2.24) is 5.32 Å². The first kappa shape index (κ1) is 44.4. The molecular weight excluding hydrogens is 576 g/mol. The number of aliphatic carboxylic acids is 1. The van der Waals surface area contributed by atoms with Crippen molar-refractivity contribution < 1.29 is 24.2 Å². The number of ether oxygens (including phenoxy) is 1. The topological polar surface area (TPSA) is 119 Å². The van der Waals surface area contributed by atoms with Gasteiger partial charge in [0.15, 0.2) is 0 Å². The Morgan fingerprint density at radius 3 is 1.35 bits per heavy atom. The second kappa shape index (κ2) is 34.7. The normalized spacial score (nSPS) is 12.6. The van der Waals surface area contributed by atoms with E-state index in [0.717, 1.165) is 64.2 Å². The molecule has 0 aromatic carbocycles. The molecule has 7 nitrogen and oxygen atoms in total. The average molecular weight is 653 g/mol. The molecule has 0 saturated carbocycles. The maximum absolute atomic E-state index is 12.6. The highest BCUT2D eigenvalue weighted by Gasteiger charge is 2.19. The van der Waals surface area contributed by atoms with Crippen molar-refractivity contribution in [1.29, 1.82) is 0 Å². The minimum Gasteiger partial charge on any atom is -0.480 e. The third-order valence-electron chi connectivity index (χ3n) is 9.17. The van der Waals surface area contributed by atoms with E-state index in [1.54, 1.807) is 0 Å². The quantitative estimate of drug-likeness (QED) is 0.0458. The van der Waals surface area contributed by atoms with Crippen LogP contribution in [0.5, 0.6) is 0 Å². The number of carbonyl (C=O) groups is 3. The minimum atomic E-state index is -1.00.